The Morgan fingerprint density at radius 1 is 1.39 bits per heavy atom. The molecule has 124 valence electrons. The standard InChI is InChI=1S/C17H20F2N2OS/c1-4-21(12(2)9-13-7-8-23-11-13)16(22)14-5-6-15(20-10-14)17(3,18)19/h5-8,10-12H,4,9H2,1-3H3. The van der Waals surface area contributed by atoms with Crippen molar-refractivity contribution < 1.29 is 13.6 Å². The molecule has 2 heterocycles. The predicted octanol–water partition coefficient (Wildman–Crippen LogP) is 4.35. The lowest BCUT2D eigenvalue weighted by Gasteiger charge is -2.28. The largest absolute Gasteiger partial charge is 0.336 e. The molecule has 0 bridgehead atoms. The second-order valence-electron chi connectivity index (χ2n) is 5.60. The normalized spacial score (nSPS) is 12.9. The van der Waals surface area contributed by atoms with Gasteiger partial charge in [0.2, 0.25) is 0 Å². The molecular weight excluding hydrogens is 318 g/mol. The van der Waals surface area contributed by atoms with E-state index in [9.17, 15) is 13.6 Å². The van der Waals surface area contributed by atoms with Gasteiger partial charge in [0, 0.05) is 25.7 Å². The molecule has 1 unspecified atom stereocenters. The lowest BCUT2D eigenvalue weighted by atomic mass is 10.1. The predicted molar refractivity (Wildman–Crippen MR) is 88.0 cm³/mol. The van der Waals surface area contributed by atoms with Crippen LogP contribution < -0.4 is 0 Å². The number of aromatic nitrogens is 1. The van der Waals surface area contributed by atoms with Crippen molar-refractivity contribution in [3.63, 3.8) is 0 Å². The van der Waals surface area contributed by atoms with Gasteiger partial charge in [-0.2, -0.15) is 20.1 Å². The van der Waals surface area contributed by atoms with Crippen molar-refractivity contribution in [2.45, 2.75) is 39.2 Å². The van der Waals surface area contributed by atoms with Crippen LogP contribution in [0.2, 0.25) is 0 Å². The second-order valence-corrected chi connectivity index (χ2v) is 6.38. The number of halogens is 2. The number of carbonyl (C=O) groups is 1. The summed E-state index contributed by atoms with van der Waals surface area (Å²) < 4.78 is 26.4. The first-order valence-corrected chi connectivity index (χ1v) is 8.43. The van der Waals surface area contributed by atoms with Gasteiger partial charge in [-0.1, -0.05) is 0 Å². The van der Waals surface area contributed by atoms with Gasteiger partial charge in [-0.05, 0) is 54.8 Å². The summed E-state index contributed by atoms with van der Waals surface area (Å²) in [6.07, 6.45) is 2.00. The number of hydrogen-bond acceptors (Lipinski definition) is 3. The lowest BCUT2D eigenvalue weighted by Crippen LogP contribution is -2.39. The average molecular weight is 338 g/mol. The molecule has 1 amide bonds. The second kappa shape index (κ2) is 7.17. The van der Waals surface area contributed by atoms with Gasteiger partial charge >= 0.3 is 0 Å². The van der Waals surface area contributed by atoms with Crippen LogP contribution >= 0.6 is 11.3 Å². The molecule has 0 spiro atoms. The first-order chi connectivity index (χ1) is 10.8. The van der Waals surface area contributed by atoms with Crippen LogP contribution in [0.3, 0.4) is 0 Å². The van der Waals surface area contributed by atoms with Crippen molar-refractivity contribution in [3.05, 3.63) is 52.0 Å². The third-order valence-corrected chi connectivity index (χ3v) is 4.44. The van der Waals surface area contributed by atoms with E-state index in [0.717, 1.165) is 13.3 Å². The highest BCUT2D eigenvalue weighted by atomic mass is 32.1. The summed E-state index contributed by atoms with van der Waals surface area (Å²) in [5.74, 6) is -3.19. The Morgan fingerprint density at radius 2 is 2.13 bits per heavy atom. The third-order valence-electron chi connectivity index (χ3n) is 3.71. The van der Waals surface area contributed by atoms with Crippen molar-refractivity contribution in [3.8, 4) is 0 Å². The van der Waals surface area contributed by atoms with E-state index in [2.05, 4.69) is 10.4 Å². The number of rotatable bonds is 6. The maximum atomic E-state index is 13.2. The van der Waals surface area contributed by atoms with Crippen LogP contribution in [-0.2, 0) is 12.3 Å². The summed E-state index contributed by atoms with van der Waals surface area (Å²) in [6.45, 7) is 5.24. The summed E-state index contributed by atoms with van der Waals surface area (Å²) in [5.41, 5.74) is 1.19. The molecule has 0 saturated heterocycles. The number of nitrogens with zero attached hydrogens (tertiary/aromatic N) is 2. The van der Waals surface area contributed by atoms with Gasteiger partial charge in [-0.15, -0.1) is 0 Å². The molecule has 0 aromatic carbocycles. The number of carbonyl (C=O) groups excluding carboxylic acids is 1. The minimum atomic E-state index is -3.00. The SMILES string of the molecule is CCN(C(=O)c1ccc(C(C)(F)F)nc1)C(C)Cc1ccsc1. The molecule has 0 radical (unpaired) electrons. The van der Waals surface area contributed by atoms with E-state index in [1.807, 2.05) is 25.3 Å². The van der Waals surface area contributed by atoms with E-state index in [1.165, 1.54) is 23.9 Å². The van der Waals surface area contributed by atoms with Crippen molar-refractivity contribution in [1.29, 1.82) is 0 Å². The number of likely N-dealkylation sites (N-methyl/N-ethyl adjacent to an activating group) is 1. The summed E-state index contributed by atoms with van der Waals surface area (Å²) in [6, 6.07) is 4.70. The molecule has 0 N–H and O–H groups in total. The van der Waals surface area contributed by atoms with E-state index in [4.69, 9.17) is 0 Å². The average Bonchev–Trinajstić information content (AvgIpc) is 3.00. The Hall–Kier alpha value is -1.82. The fraction of sp³-hybridized carbons (Fsp3) is 0.412. The van der Waals surface area contributed by atoms with Gasteiger partial charge in [0.05, 0.1) is 5.56 Å². The highest BCUT2D eigenvalue weighted by Gasteiger charge is 2.27. The molecule has 2 rings (SSSR count). The summed E-state index contributed by atoms with van der Waals surface area (Å²) >= 11 is 1.63. The number of pyridine rings is 1. The fourth-order valence-electron chi connectivity index (χ4n) is 2.46. The van der Waals surface area contributed by atoms with E-state index >= 15 is 0 Å². The first kappa shape index (κ1) is 17.5. The monoisotopic (exact) mass is 338 g/mol. The van der Waals surface area contributed by atoms with Gasteiger partial charge in [-0.3, -0.25) is 9.78 Å². The van der Waals surface area contributed by atoms with Gasteiger partial charge in [0.15, 0.2) is 0 Å². The van der Waals surface area contributed by atoms with Crippen LogP contribution in [0.25, 0.3) is 0 Å². The molecule has 0 fully saturated rings. The Labute approximate surface area is 139 Å². The zero-order valence-electron chi connectivity index (χ0n) is 13.4. The Kier molecular flexibility index (Phi) is 5.46. The number of alkyl halides is 2. The number of thiophene rings is 1. The van der Waals surface area contributed by atoms with Crippen LogP contribution in [-0.4, -0.2) is 28.4 Å². The van der Waals surface area contributed by atoms with E-state index in [1.54, 1.807) is 16.2 Å². The number of amides is 1. The molecule has 2 aromatic heterocycles. The Bertz CT molecular complexity index is 636. The topological polar surface area (TPSA) is 33.2 Å². The fourth-order valence-corrected chi connectivity index (χ4v) is 3.14. The van der Waals surface area contributed by atoms with Crippen LogP contribution in [0.4, 0.5) is 8.78 Å². The Balaban J connectivity index is 2.12. The highest BCUT2D eigenvalue weighted by Crippen LogP contribution is 2.25. The maximum absolute atomic E-state index is 13.2. The van der Waals surface area contributed by atoms with Crippen molar-refractivity contribution in [2.24, 2.45) is 0 Å². The van der Waals surface area contributed by atoms with Gasteiger partial charge in [0.1, 0.15) is 5.69 Å². The molecule has 0 aliphatic heterocycles. The van der Waals surface area contributed by atoms with Gasteiger partial charge in [0.25, 0.3) is 11.8 Å². The number of hydrogen-bond donors (Lipinski definition) is 0. The molecule has 0 aliphatic carbocycles. The van der Waals surface area contributed by atoms with Crippen molar-refractivity contribution >= 4 is 17.2 Å². The lowest BCUT2D eigenvalue weighted by molar-refractivity contribution is 0.0127. The first-order valence-electron chi connectivity index (χ1n) is 7.49. The maximum Gasteiger partial charge on any atom is 0.286 e. The highest BCUT2D eigenvalue weighted by molar-refractivity contribution is 7.07. The molecular formula is C17H20F2N2OS. The zero-order chi connectivity index (χ0) is 17.0. The van der Waals surface area contributed by atoms with Crippen LogP contribution in [0.1, 0.15) is 42.4 Å². The van der Waals surface area contributed by atoms with E-state index in [0.29, 0.717) is 12.1 Å². The summed E-state index contributed by atoms with van der Waals surface area (Å²) in [7, 11) is 0. The summed E-state index contributed by atoms with van der Waals surface area (Å²) in [5, 5.41) is 4.07. The Morgan fingerprint density at radius 3 is 2.61 bits per heavy atom. The third kappa shape index (κ3) is 4.34. The van der Waals surface area contributed by atoms with Gasteiger partial charge in [-0.25, -0.2) is 0 Å². The molecule has 2 aromatic rings. The molecule has 3 nitrogen and oxygen atoms in total. The van der Waals surface area contributed by atoms with Crippen LogP contribution in [0.15, 0.2) is 35.2 Å². The van der Waals surface area contributed by atoms with E-state index in [-0.39, 0.29) is 17.6 Å². The zero-order valence-corrected chi connectivity index (χ0v) is 14.2. The minimum Gasteiger partial charge on any atom is -0.336 e. The molecule has 1 atom stereocenters. The van der Waals surface area contributed by atoms with Gasteiger partial charge < -0.3 is 4.90 Å². The van der Waals surface area contributed by atoms with E-state index < -0.39 is 5.92 Å². The molecule has 6 heteroatoms. The minimum absolute atomic E-state index is 0.0226. The smallest absolute Gasteiger partial charge is 0.286 e. The molecule has 0 aliphatic rings. The molecule has 0 saturated carbocycles. The van der Waals surface area contributed by atoms with Crippen molar-refractivity contribution in [1.82, 2.24) is 9.88 Å². The molecule has 23 heavy (non-hydrogen) atoms. The summed E-state index contributed by atoms with van der Waals surface area (Å²) in [4.78, 5) is 18.1. The van der Waals surface area contributed by atoms with Crippen molar-refractivity contribution in [2.75, 3.05) is 6.54 Å². The van der Waals surface area contributed by atoms with Crippen LogP contribution in [0, 0.1) is 0 Å². The quantitative estimate of drug-likeness (QED) is 0.784. The van der Waals surface area contributed by atoms with Crippen LogP contribution in [0.5, 0.6) is 0 Å².